The van der Waals surface area contributed by atoms with Crippen LogP contribution in [0.15, 0.2) is 24.3 Å². The number of hydrogen-bond donors (Lipinski definition) is 1. The van der Waals surface area contributed by atoms with Crippen LogP contribution in [0.2, 0.25) is 0 Å². The summed E-state index contributed by atoms with van der Waals surface area (Å²) in [7, 11) is 0. The van der Waals surface area contributed by atoms with Gasteiger partial charge in [0.05, 0.1) is 0 Å². The van der Waals surface area contributed by atoms with Crippen LogP contribution in [-0.4, -0.2) is 30.6 Å². The predicted molar refractivity (Wildman–Crippen MR) is 93.8 cm³/mol. The summed E-state index contributed by atoms with van der Waals surface area (Å²) in [5.41, 5.74) is 2.82. The lowest BCUT2D eigenvalue weighted by Gasteiger charge is -2.36. The van der Waals surface area contributed by atoms with Crippen molar-refractivity contribution in [3.8, 4) is 0 Å². The van der Waals surface area contributed by atoms with Gasteiger partial charge in [-0.15, -0.1) is 0 Å². The standard InChI is InChI=1S/C19H34N2/c1-7-17-10-12-18(13-11-17)19(20-8-2)16(6)21(9-3)14-15(4)5/h10-13,15-16,19-20H,7-9,14H2,1-6H3. The van der Waals surface area contributed by atoms with Crippen molar-refractivity contribution in [1.29, 1.82) is 0 Å². The average molecular weight is 290 g/mol. The first-order chi connectivity index (χ1) is 10.0. The first-order valence-electron chi connectivity index (χ1n) is 8.59. The highest BCUT2D eigenvalue weighted by molar-refractivity contribution is 5.26. The van der Waals surface area contributed by atoms with Crippen LogP contribution in [0.3, 0.4) is 0 Å². The van der Waals surface area contributed by atoms with Crippen LogP contribution >= 0.6 is 0 Å². The summed E-state index contributed by atoms with van der Waals surface area (Å²) < 4.78 is 0. The molecule has 2 unspecified atom stereocenters. The lowest BCUT2D eigenvalue weighted by atomic mass is 9.96. The van der Waals surface area contributed by atoms with E-state index in [4.69, 9.17) is 0 Å². The number of hydrogen-bond acceptors (Lipinski definition) is 2. The first kappa shape index (κ1) is 18.2. The van der Waals surface area contributed by atoms with Crippen molar-refractivity contribution in [1.82, 2.24) is 10.2 Å². The van der Waals surface area contributed by atoms with Gasteiger partial charge in [0.1, 0.15) is 0 Å². The van der Waals surface area contributed by atoms with Gasteiger partial charge >= 0.3 is 0 Å². The number of nitrogens with one attached hydrogen (secondary N) is 1. The van der Waals surface area contributed by atoms with E-state index in [0.29, 0.717) is 18.0 Å². The van der Waals surface area contributed by atoms with Crippen molar-refractivity contribution in [2.75, 3.05) is 19.6 Å². The molecule has 0 saturated heterocycles. The Morgan fingerprint density at radius 2 is 1.62 bits per heavy atom. The fourth-order valence-corrected chi connectivity index (χ4v) is 3.01. The molecule has 2 nitrogen and oxygen atoms in total. The van der Waals surface area contributed by atoms with Gasteiger partial charge in [-0.05, 0) is 43.5 Å². The number of nitrogens with zero attached hydrogens (tertiary/aromatic N) is 1. The molecule has 1 aromatic rings. The Balaban J connectivity index is 2.91. The fraction of sp³-hybridized carbons (Fsp3) is 0.684. The van der Waals surface area contributed by atoms with Crippen LogP contribution in [0.25, 0.3) is 0 Å². The molecule has 1 N–H and O–H groups in total. The van der Waals surface area contributed by atoms with Crippen LogP contribution in [0, 0.1) is 5.92 Å². The van der Waals surface area contributed by atoms with E-state index >= 15 is 0 Å². The van der Waals surface area contributed by atoms with Crippen molar-refractivity contribution in [2.24, 2.45) is 5.92 Å². The van der Waals surface area contributed by atoms with Gasteiger partial charge in [-0.2, -0.15) is 0 Å². The molecular formula is C19H34N2. The number of aryl methyl sites for hydroxylation is 1. The van der Waals surface area contributed by atoms with Crippen molar-refractivity contribution in [2.45, 2.75) is 60.0 Å². The normalized spacial score (nSPS) is 14.7. The molecule has 0 aliphatic carbocycles. The molecule has 120 valence electrons. The molecule has 0 spiro atoms. The maximum Gasteiger partial charge on any atom is 0.0475 e. The molecule has 1 aromatic carbocycles. The highest BCUT2D eigenvalue weighted by atomic mass is 15.2. The lowest BCUT2D eigenvalue weighted by molar-refractivity contribution is 0.160. The molecular weight excluding hydrogens is 256 g/mol. The van der Waals surface area contributed by atoms with E-state index in [9.17, 15) is 0 Å². The SMILES string of the molecule is CCNC(c1ccc(CC)cc1)C(C)N(CC)CC(C)C. The quantitative estimate of drug-likeness (QED) is 0.731. The Morgan fingerprint density at radius 3 is 2.05 bits per heavy atom. The highest BCUT2D eigenvalue weighted by Crippen LogP contribution is 2.22. The number of rotatable bonds is 9. The summed E-state index contributed by atoms with van der Waals surface area (Å²) in [5, 5.41) is 3.68. The second-order valence-corrected chi connectivity index (χ2v) is 6.35. The van der Waals surface area contributed by atoms with Crippen molar-refractivity contribution in [3.05, 3.63) is 35.4 Å². The minimum Gasteiger partial charge on any atom is -0.309 e. The molecule has 0 saturated carbocycles. The Labute approximate surface area is 131 Å². The minimum absolute atomic E-state index is 0.402. The summed E-state index contributed by atoms with van der Waals surface area (Å²) in [6.07, 6.45) is 1.11. The molecule has 0 radical (unpaired) electrons. The Kier molecular flexibility index (Phi) is 7.98. The molecule has 21 heavy (non-hydrogen) atoms. The van der Waals surface area contributed by atoms with Gasteiger partial charge in [-0.1, -0.05) is 58.9 Å². The molecule has 2 atom stereocenters. The van der Waals surface area contributed by atoms with Crippen molar-refractivity contribution >= 4 is 0 Å². The van der Waals surface area contributed by atoms with E-state index in [-0.39, 0.29) is 0 Å². The molecule has 0 heterocycles. The number of benzene rings is 1. The Morgan fingerprint density at radius 1 is 1.00 bits per heavy atom. The van der Waals surface area contributed by atoms with E-state index in [1.165, 1.54) is 11.1 Å². The van der Waals surface area contributed by atoms with E-state index in [1.54, 1.807) is 0 Å². The van der Waals surface area contributed by atoms with E-state index in [0.717, 1.165) is 26.1 Å². The monoisotopic (exact) mass is 290 g/mol. The van der Waals surface area contributed by atoms with Crippen molar-refractivity contribution in [3.63, 3.8) is 0 Å². The smallest absolute Gasteiger partial charge is 0.0475 e. The van der Waals surface area contributed by atoms with E-state index in [2.05, 4.69) is 76.0 Å². The van der Waals surface area contributed by atoms with Gasteiger partial charge in [-0.3, -0.25) is 4.90 Å². The molecule has 0 fully saturated rings. The molecule has 2 heteroatoms. The maximum absolute atomic E-state index is 3.68. The van der Waals surface area contributed by atoms with Crippen LogP contribution in [0.4, 0.5) is 0 Å². The van der Waals surface area contributed by atoms with Gasteiger partial charge in [-0.25, -0.2) is 0 Å². The highest BCUT2D eigenvalue weighted by Gasteiger charge is 2.23. The average Bonchev–Trinajstić information content (AvgIpc) is 2.49. The van der Waals surface area contributed by atoms with Gasteiger partial charge in [0.25, 0.3) is 0 Å². The third kappa shape index (κ3) is 5.44. The second-order valence-electron chi connectivity index (χ2n) is 6.35. The zero-order valence-corrected chi connectivity index (χ0v) is 14.8. The summed E-state index contributed by atoms with van der Waals surface area (Å²) in [4.78, 5) is 2.59. The second kappa shape index (κ2) is 9.22. The van der Waals surface area contributed by atoms with Gasteiger partial charge in [0, 0.05) is 18.6 Å². The van der Waals surface area contributed by atoms with Crippen LogP contribution in [-0.2, 0) is 6.42 Å². The van der Waals surface area contributed by atoms with E-state index in [1.807, 2.05) is 0 Å². The first-order valence-corrected chi connectivity index (χ1v) is 8.59. The topological polar surface area (TPSA) is 15.3 Å². The third-order valence-electron chi connectivity index (χ3n) is 4.24. The van der Waals surface area contributed by atoms with Crippen molar-refractivity contribution < 1.29 is 0 Å². The van der Waals surface area contributed by atoms with Gasteiger partial charge in [0.2, 0.25) is 0 Å². The molecule has 0 bridgehead atoms. The van der Waals surface area contributed by atoms with Crippen LogP contribution in [0.1, 0.15) is 58.7 Å². The number of likely N-dealkylation sites (N-methyl/N-ethyl adjacent to an activating group) is 2. The summed E-state index contributed by atoms with van der Waals surface area (Å²) in [6.45, 7) is 16.9. The van der Waals surface area contributed by atoms with Gasteiger partial charge < -0.3 is 5.32 Å². The molecule has 0 amide bonds. The zero-order valence-electron chi connectivity index (χ0n) is 14.8. The predicted octanol–water partition coefficient (Wildman–Crippen LogP) is 4.27. The van der Waals surface area contributed by atoms with Gasteiger partial charge in [0.15, 0.2) is 0 Å². The Bertz CT molecular complexity index is 383. The lowest BCUT2D eigenvalue weighted by Crippen LogP contribution is -2.44. The fourth-order valence-electron chi connectivity index (χ4n) is 3.01. The molecule has 0 aromatic heterocycles. The molecule has 1 rings (SSSR count). The maximum atomic E-state index is 3.68. The minimum atomic E-state index is 0.402. The summed E-state index contributed by atoms with van der Waals surface area (Å²) >= 11 is 0. The molecule has 0 aliphatic rings. The van der Waals surface area contributed by atoms with Crippen LogP contribution in [0.5, 0.6) is 0 Å². The summed E-state index contributed by atoms with van der Waals surface area (Å²) in [6, 6.07) is 10.0. The van der Waals surface area contributed by atoms with Crippen LogP contribution < -0.4 is 5.32 Å². The molecule has 0 aliphatic heterocycles. The Hall–Kier alpha value is -0.860. The summed E-state index contributed by atoms with van der Waals surface area (Å²) in [5.74, 6) is 0.706. The third-order valence-corrected chi connectivity index (χ3v) is 4.24. The zero-order chi connectivity index (χ0) is 15.8. The van der Waals surface area contributed by atoms with E-state index < -0.39 is 0 Å². The largest absolute Gasteiger partial charge is 0.309 e.